The Balaban J connectivity index is 2.32. The van der Waals surface area contributed by atoms with Crippen molar-refractivity contribution in [1.82, 2.24) is 4.31 Å². The predicted molar refractivity (Wildman–Crippen MR) is 66.9 cm³/mol. The van der Waals surface area contributed by atoms with Gasteiger partial charge in [-0.1, -0.05) is 0 Å². The van der Waals surface area contributed by atoms with Gasteiger partial charge in [-0.25, -0.2) is 13.2 Å². The van der Waals surface area contributed by atoms with Crippen LogP contribution in [0.4, 0.5) is 0 Å². The van der Waals surface area contributed by atoms with Gasteiger partial charge in [0.05, 0.1) is 30.8 Å². The minimum Gasteiger partial charge on any atom is -0.477 e. The number of morpholine rings is 1. The van der Waals surface area contributed by atoms with Crippen molar-refractivity contribution in [3.8, 4) is 0 Å². The summed E-state index contributed by atoms with van der Waals surface area (Å²) in [7, 11) is -3.80. The molecule has 1 aromatic rings. The van der Waals surface area contributed by atoms with Crippen LogP contribution in [0.3, 0.4) is 0 Å². The Morgan fingerprint density at radius 1 is 1.58 bits per heavy atom. The zero-order chi connectivity index (χ0) is 14.0. The molecule has 1 aromatic heterocycles. The fraction of sp³-hybridized carbons (Fsp3) is 0.500. The lowest BCUT2D eigenvalue weighted by atomic mass is 10.3. The summed E-state index contributed by atoms with van der Waals surface area (Å²) in [6, 6.07) is 0.499. The van der Waals surface area contributed by atoms with Crippen LogP contribution in [0.5, 0.6) is 0 Å². The van der Waals surface area contributed by atoms with E-state index in [0.717, 1.165) is 21.7 Å². The van der Waals surface area contributed by atoms with Crippen molar-refractivity contribution >= 4 is 27.3 Å². The van der Waals surface area contributed by atoms with E-state index in [9.17, 15) is 18.3 Å². The highest BCUT2D eigenvalue weighted by atomic mass is 32.2. The highest BCUT2D eigenvalue weighted by Crippen LogP contribution is 2.25. The number of rotatable bonds is 4. The first-order valence-corrected chi connectivity index (χ1v) is 7.81. The van der Waals surface area contributed by atoms with Crippen molar-refractivity contribution in [1.29, 1.82) is 0 Å². The van der Waals surface area contributed by atoms with E-state index in [1.54, 1.807) is 0 Å². The number of aliphatic hydroxyl groups is 1. The van der Waals surface area contributed by atoms with E-state index in [0.29, 0.717) is 0 Å². The van der Waals surface area contributed by atoms with Crippen molar-refractivity contribution in [2.45, 2.75) is 10.9 Å². The third kappa shape index (κ3) is 2.79. The number of hydrogen-bond acceptors (Lipinski definition) is 6. The molecule has 1 saturated heterocycles. The number of carbonyl (C=O) groups is 1. The molecule has 0 spiro atoms. The first-order chi connectivity index (χ1) is 8.96. The molecule has 106 valence electrons. The van der Waals surface area contributed by atoms with Gasteiger partial charge in [0.25, 0.3) is 0 Å². The maximum absolute atomic E-state index is 12.4. The standard InChI is InChI=1S/C10H13NO6S2/c12-4-7-5-17-2-1-11(7)19(15,16)8-3-9(10(13)14)18-6-8/h3,6-7,12H,1-2,4-5H2,(H,13,14). The molecule has 2 rings (SSSR count). The Labute approximate surface area is 114 Å². The van der Waals surface area contributed by atoms with Crippen molar-refractivity contribution < 1.29 is 28.2 Å². The van der Waals surface area contributed by atoms with Crippen molar-refractivity contribution in [2.75, 3.05) is 26.4 Å². The molecular weight excluding hydrogens is 294 g/mol. The van der Waals surface area contributed by atoms with Crippen LogP contribution in [-0.4, -0.2) is 61.3 Å². The van der Waals surface area contributed by atoms with Crippen LogP contribution in [0, 0.1) is 0 Å². The van der Waals surface area contributed by atoms with E-state index in [2.05, 4.69) is 0 Å². The van der Waals surface area contributed by atoms with E-state index in [-0.39, 0.29) is 36.1 Å². The van der Waals surface area contributed by atoms with Crippen LogP contribution in [-0.2, 0) is 14.8 Å². The van der Waals surface area contributed by atoms with Crippen LogP contribution in [0.2, 0.25) is 0 Å². The Morgan fingerprint density at radius 3 is 2.89 bits per heavy atom. The summed E-state index contributed by atoms with van der Waals surface area (Å²) < 4.78 is 31.0. The summed E-state index contributed by atoms with van der Waals surface area (Å²) in [4.78, 5) is 10.7. The van der Waals surface area contributed by atoms with Gasteiger partial charge in [-0.3, -0.25) is 0 Å². The van der Waals surface area contributed by atoms with E-state index in [4.69, 9.17) is 9.84 Å². The van der Waals surface area contributed by atoms with E-state index >= 15 is 0 Å². The maximum atomic E-state index is 12.4. The first kappa shape index (κ1) is 14.4. The third-order valence-corrected chi connectivity index (χ3v) is 5.77. The largest absolute Gasteiger partial charge is 0.477 e. The summed E-state index contributed by atoms with van der Waals surface area (Å²) in [6.07, 6.45) is 0. The average molecular weight is 307 g/mol. The lowest BCUT2D eigenvalue weighted by molar-refractivity contribution is 0.0109. The molecule has 1 aliphatic heterocycles. The molecule has 1 unspecified atom stereocenters. The summed E-state index contributed by atoms with van der Waals surface area (Å²) in [6.45, 7) is 0.193. The molecule has 2 heterocycles. The summed E-state index contributed by atoms with van der Waals surface area (Å²) in [5, 5.41) is 19.3. The highest BCUT2D eigenvalue weighted by Gasteiger charge is 2.34. The van der Waals surface area contributed by atoms with Gasteiger partial charge in [-0.05, 0) is 6.07 Å². The number of carboxylic acid groups (broad SMARTS) is 1. The predicted octanol–water partition coefficient (Wildman–Crippen LogP) is -0.172. The highest BCUT2D eigenvalue weighted by molar-refractivity contribution is 7.89. The van der Waals surface area contributed by atoms with Crippen LogP contribution < -0.4 is 0 Å². The normalized spacial score (nSPS) is 21.4. The molecule has 1 aliphatic rings. The molecule has 0 saturated carbocycles. The number of ether oxygens (including phenoxy) is 1. The zero-order valence-corrected chi connectivity index (χ0v) is 11.5. The molecular formula is C10H13NO6S2. The van der Waals surface area contributed by atoms with Gasteiger partial charge in [0, 0.05) is 11.9 Å². The molecule has 1 fully saturated rings. The molecule has 7 nitrogen and oxygen atoms in total. The smallest absolute Gasteiger partial charge is 0.345 e. The van der Waals surface area contributed by atoms with Crippen LogP contribution in [0.1, 0.15) is 9.67 Å². The number of thiophene rings is 1. The van der Waals surface area contributed by atoms with Gasteiger partial charge in [0.15, 0.2) is 0 Å². The molecule has 0 aromatic carbocycles. The number of carboxylic acids is 1. The Hall–Kier alpha value is -1.00. The minimum absolute atomic E-state index is 0.0348. The molecule has 9 heteroatoms. The molecule has 0 radical (unpaired) electrons. The van der Waals surface area contributed by atoms with Gasteiger partial charge >= 0.3 is 5.97 Å². The molecule has 1 atom stereocenters. The average Bonchev–Trinajstić information content (AvgIpc) is 2.89. The van der Waals surface area contributed by atoms with E-state index < -0.39 is 22.0 Å². The first-order valence-electron chi connectivity index (χ1n) is 5.49. The van der Waals surface area contributed by atoms with Crippen molar-refractivity contribution in [3.05, 3.63) is 16.3 Å². The molecule has 0 bridgehead atoms. The van der Waals surface area contributed by atoms with Gasteiger partial charge in [-0.2, -0.15) is 4.31 Å². The Morgan fingerprint density at radius 2 is 2.32 bits per heavy atom. The molecule has 0 amide bonds. The number of sulfonamides is 1. The van der Waals surface area contributed by atoms with Crippen LogP contribution in [0.25, 0.3) is 0 Å². The molecule has 0 aliphatic carbocycles. The minimum atomic E-state index is -3.80. The second-order valence-electron chi connectivity index (χ2n) is 3.98. The zero-order valence-electron chi connectivity index (χ0n) is 9.85. The van der Waals surface area contributed by atoms with E-state index in [1.807, 2.05) is 0 Å². The fourth-order valence-electron chi connectivity index (χ4n) is 1.80. The summed E-state index contributed by atoms with van der Waals surface area (Å²) in [5.41, 5.74) is 0. The second kappa shape index (κ2) is 5.55. The molecule has 2 N–H and O–H groups in total. The summed E-state index contributed by atoms with van der Waals surface area (Å²) in [5.74, 6) is -1.16. The van der Waals surface area contributed by atoms with Gasteiger partial charge < -0.3 is 14.9 Å². The van der Waals surface area contributed by atoms with Gasteiger partial charge in [0.2, 0.25) is 10.0 Å². The van der Waals surface area contributed by atoms with Gasteiger partial charge in [-0.15, -0.1) is 11.3 Å². The topological polar surface area (TPSA) is 104 Å². The Bertz CT molecular complexity index is 566. The second-order valence-corrected chi connectivity index (χ2v) is 6.78. The van der Waals surface area contributed by atoms with Crippen LogP contribution >= 0.6 is 11.3 Å². The maximum Gasteiger partial charge on any atom is 0.345 e. The van der Waals surface area contributed by atoms with Crippen LogP contribution in [0.15, 0.2) is 16.3 Å². The van der Waals surface area contributed by atoms with Gasteiger partial charge in [0.1, 0.15) is 4.88 Å². The lowest BCUT2D eigenvalue weighted by Crippen LogP contribution is -2.50. The van der Waals surface area contributed by atoms with Crippen molar-refractivity contribution in [3.63, 3.8) is 0 Å². The van der Waals surface area contributed by atoms with E-state index in [1.165, 1.54) is 5.38 Å². The number of aromatic carboxylic acids is 1. The number of aliphatic hydroxyl groups excluding tert-OH is 1. The number of hydrogen-bond donors (Lipinski definition) is 2. The van der Waals surface area contributed by atoms with Crippen molar-refractivity contribution in [2.24, 2.45) is 0 Å². The monoisotopic (exact) mass is 307 g/mol. The fourth-order valence-corrected chi connectivity index (χ4v) is 4.49. The SMILES string of the molecule is O=C(O)c1cc(S(=O)(=O)N2CCOCC2CO)cs1. The quantitative estimate of drug-likeness (QED) is 0.800. The lowest BCUT2D eigenvalue weighted by Gasteiger charge is -2.33. The Kier molecular flexibility index (Phi) is 4.21. The molecule has 19 heavy (non-hydrogen) atoms. The third-order valence-electron chi connectivity index (χ3n) is 2.78. The number of nitrogens with zero attached hydrogens (tertiary/aromatic N) is 1. The summed E-state index contributed by atoms with van der Waals surface area (Å²) >= 11 is 0.858.